The summed E-state index contributed by atoms with van der Waals surface area (Å²) < 4.78 is 5.62. The van der Waals surface area contributed by atoms with E-state index in [4.69, 9.17) is 10.00 Å². The molecule has 0 unspecified atom stereocenters. The molecule has 1 aromatic carbocycles. The van der Waals surface area contributed by atoms with Crippen molar-refractivity contribution in [3.05, 3.63) is 29.8 Å². The molecular weight excluding hydrogens is 212 g/mol. The Hall–Kier alpha value is -1.53. The fourth-order valence-corrected chi connectivity index (χ4v) is 1.65. The van der Waals surface area contributed by atoms with Gasteiger partial charge in [0.25, 0.3) is 0 Å². The molecule has 0 saturated heterocycles. The van der Waals surface area contributed by atoms with Crippen molar-refractivity contribution in [1.29, 1.82) is 5.26 Å². The summed E-state index contributed by atoms with van der Waals surface area (Å²) in [4.78, 5) is 0. The summed E-state index contributed by atoms with van der Waals surface area (Å²) >= 11 is 0. The number of rotatable bonds is 7. The van der Waals surface area contributed by atoms with Gasteiger partial charge in [0.1, 0.15) is 5.75 Å². The van der Waals surface area contributed by atoms with Gasteiger partial charge in [-0.3, -0.25) is 0 Å². The first-order chi connectivity index (χ1) is 8.38. The molecule has 0 amide bonds. The number of nitrogens with one attached hydrogen (secondary N) is 1. The van der Waals surface area contributed by atoms with Crippen molar-refractivity contribution in [1.82, 2.24) is 5.32 Å². The second-order valence-electron chi connectivity index (χ2n) is 4.41. The SMILES string of the molecule is N#CCc1ccc(OCCCNC2CC2)cc1. The predicted molar refractivity (Wildman–Crippen MR) is 66.9 cm³/mol. The molecule has 17 heavy (non-hydrogen) atoms. The standard InChI is InChI=1S/C14H18N2O/c15-9-8-12-2-6-14(7-3-12)17-11-1-10-16-13-4-5-13/h2-3,6-7,13,16H,1,4-5,8,10-11H2. The summed E-state index contributed by atoms with van der Waals surface area (Å²) in [5.74, 6) is 0.887. The van der Waals surface area contributed by atoms with Gasteiger partial charge >= 0.3 is 0 Å². The summed E-state index contributed by atoms with van der Waals surface area (Å²) in [6.07, 6.45) is 4.17. The van der Waals surface area contributed by atoms with Crippen LogP contribution in [0.5, 0.6) is 5.75 Å². The summed E-state index contributed by atoms with van der Waals surface area (Å²) in [6.45, 7) is 1.79. The Bertz CT molecular complexity index is 376. The van der Waals surface area contributed by atoms with Crippen LogP contribution in [0.1, 0.15) is 24.8 Å². The minimum absolute atomic E-state index is 0.464. The molecule has 1 fully saturated rings. The number of nitrogens with zero attached hydrogens (tertiary/aromatic N) is 1. The summed E-state index contributed by atoms with van der Waals surface area (Å²) in [7, 11) is 0. The van der Waals surface area contributed by atoms with Crippen molar-refractivity contribution in [3.63, 3.8) is 0 Å². The van der Waals surface area contributed by atoms with E-state index >= 15 is 0 Å². The van der Waals surface area contributed by atoms with E-state index in [9.17, 15) is 0 Å². The second kappa shape index (κ2) is 6.27. The van der Waals surface area contributed by atoms with Gasteiger partial charge in [0.15, 0.2) is 0 Å². The highest BCUT2D eigenvalue weighted by Gasteiger charge is 2.19. The normalized spacial score (nSPS) is 14.3. The van der Waals surface area contributed by atoms with Crippen LogP contribution in [0.4, 0.5) is 0 Å². The van der Waals surface area contributed by atoms with E-state index in [1.54, 1.807) is 0 Å². The summed E-state index contributed by atoms with van der Waals surface area (Å²) in [6, 6.07) is 10.7. The average Bonchev–Trinajstić information content (AvgIpc) is 3.15. The van der Waals surface area contributed by atoms with Crippen LogP contribution in [0, 0.1) is 11.3 Å². The van der Waals surface area contributed by atoms with Gasteiger partial charge in [0, 0.05) is 6.04 Å². The highest BCUT2D eigenvalue weighted by Crippen LogP contribution is 2.18. The zero-order valence-electron chi connectivity index (χ0n) is 9.98. The Morgan fingerprint density at radius 3 is 2.71 bits per heavy atom. The first-order valence-corrected chi connectivity index (χ1v) is 6.20. The van der Waals surface area contributed by atoms with Gasteiger partial charge in [0.2, 0.25) is 0 Å². The van der Waals surface area contributed by atoms with Crippen LogP contribution in [0.25, 0.3) is 0 Å². The monoisotopic (exact) mass is 230 g/mol. The van der Waals surface area contributed by atoms with E-state index in [0.29, 0.717) is 6.42 Å². The molecule has 3 nitrogen and oxygen atoms in total. The Labute approximate surface area is 102 Å². The Morgan fingerprint density at radius 1 is 1.29 bits per heavy atom. The van der Waals surface area contributed by atoms with E-state index in [1.165, 1.54) is 12.8 Å². The Kier molecular flexibility index (Phi) is 4.40. The zero-order chi connectivity index (χ0) is 11.9. The van der Waals surface area contributed by atoms with Gasteiger partial charge in [-0.1, -0.05) is 12.1 Å². The van der Waals surface area contributed by atoms with Crippen molar-refractivity contribution in [2.45, 2.75) is 31.7 Å². The van der Waals surface area contributed by atoms with E-state index in [0.717, 1.165) is 36.9 Å². The maximum absolute atomic E-state index is 8.55. The summed E-state index contributed by atoms with van der Waals surface area (Å²) in [5, 5.41) is 12.0. The van der Waals surface area contributed by atoms with Crippen molar-refractivity contribution in [2.24, 2.45) is 0 Å². The van der Waals surface area contributed by atoms with Gasteiger partial charge in [-0.2, -0.15) is 5.26 Å². The van der Waals surface area contributed by atoms with Crippen molar-refractivity contribution in [2.75, 3.05) is 13.2 Å². The van der Waals surface area contributed by atoms with E-state index in [1.807, 2.05) is 24.3 Å². The van der Waals surface area contributed by atoms with Crippen molar-refractivity contribution in [3.8, 4) is 11.8 Å². The molecule has 0 aliphatic heterocycles. The maximum Gasteiger partial charge on any atom is 0.119 e. The van der Waals surface area contributed by atoms with Crippen LogP contribution in [0.3, 0.4) is 0 Å². The van der Waals surface area contributed by atoms with E-state index in [-0.39, 0.29) is 0 Å². The minimum atomic E-state index is 0.464. The van der Waals surface area contributed by atoms with Crippen LogP contribution < -0.4 is 10.1 Å². The van der Waals surface area contributed by atoms with Gasteiger partial charge in [-0.15, -0.1) is 0 Å². The third-order valence-electron chi connectivity index (χ3n) is 2.81. The quantitative estimate of drug-likeness (QED) is 0.731. The number of hydrogen-bond donors (Lipinski definition) is 1. The van der Waals surface area contributed by atoms with Gasteiger partial charge in [-0.05, 0) is 43.5 Å². The van der Waals surface area contributed by atoms with Gasteiger partial charge < -0.3 is 10.1 Å². The largest absolute Gasteiger partial charge is 0.494 e. The lowest BCUT2D eigenvalue weighted by Gasteiger charge is -2.07. The molecule has 3 heteroatoms. The van der Waals surface area contributed by atoms with Crippen molar-refractivity contribution < 1.29 is 4.74 Å². The molecule has 0 aromatic heterocycles. The molecule has 1 aromatic rings. The molecular formula is C14H18N2O. The fraction of sp³-hybridized carbons (Fsp3) is 0.500. The first-order valence-electron chi connectivity index (χ1n) is 6.20. The molecule has 1 N–H and O–H groups in total. The maximum atomic E-state index is 8.55. The van der Waals surface area contributed by atoms with Gasteiger partial charge in [0.05, 0.1) is 19.1 Å². The lowest BCUT2D eigenvalue weighted by Crippen LogP contribution is -2.19. The van der Waals surface area contributed by atoms with Crippen molar-refractivity contribution >= 4 is 0 Å². The predicted octanol–water partition coefficient (Wildman–Crippen LogP) is 2.27. The molecule has 2 rings (SSSR count). The number of nitriles is 1. The third-order valence-corrected chi connectivity index (χ3v) is 2.81. The second-order valence-corrected chi connectivity index (χ2v) is 4.41. The lowest BCUT2D eigenvalue weighted by atomic mass is 10.2. The topological polar surface area (TPSA) is 45.0 Å². The molecule has 1 aliphatic rings. The molecule has 0 heterocycles. The summed E-state index contributed by atoms with van der Waals surface area (Å²) in [5.41, 5.74) is 1.04. The number of hydrogen-bond acceptors (Lipinski definition) is 3. The first kappa shape index (κ1) is 11.9. The average molecular weight is 230 g/mol. The van der Waals surface area contributed by atoms with Crippen LogP contribution in [0.15, 0.2) is 24.3 Å². The molecule has 1 saturated carbocycles. The highest BCUT2D eigenvalue weighted by atomic mass is 16.5. The zero-order valence-corrected chi connectivity index (χ0v) is 9.98. The molecule has 0 radical (unpaired) electrons. The Morgan fingerprint density at radius 2 is 2.06 bits per heavy atom. The van der Waals surface area contributed by atoms with E-state index < -0.39 is 0 Å². The number of benzene rings is 1. The lowest BCUT2D eigenvalue weighted by molar-refractivity contribution is 0.308. The third kappa shape index (κ3) is 4.46. The molecule has 1 aliphatic carbocycles. The van der Waals surface area contributed by atoms with Crippen LogP contribution in [-0.4, -0.2) is 19.2 Å². The van der Waals surface area contributed by atoms with E-state index in [2.05, 4.69) is 11.4 Å². The fourth-order valence-electron chi connectivity index (χ4n) is 1.65. The van der Waals surface area contributed by atoms with Gasteiger partial charge in [-0.25, -0.2) is 0 Å². The molecule has 0 bridgehead atoms. The molecule has 0 atom stereocenters. The van der Waals surface area contributed by atoms with Crippen LogP contribution in [-0.2, 0) is 6.42 Å². The highest BCUT2D eigenvalue weighted by molar-refractivity contribution is 5.28. The molecule has 90 valence electrons. The van der Waals surface area contributed by atoms with Crippen LogP contribution >= 0.6 is 0 Å². The Balaban J connectivity index is 1.62. The molecule has 0 spiro atoms. The van der Waals surface area contributed by atoms with Crippen LogP contribution in [0.2, 0.25) is 0 Å². The smallest absolute Gasteiger partial charge is 0.119 e. The minimum Gasteiger partial charge on any atom is -0.494 e. The number of ether oxygens (including phenoxy) is 1.